The van der Waals surface area contributed by atoms with E-state index in [-0.39, 0.29) is 11.5 Å². The van der Waals surface area contributed by atoms with Gasteiger partial charge in [0.05, 0.1) is 16.6 Å². The van der Waals surface area contributed by atoms with E-state index in [2.05, 4.69) is 15.9 Å². The Morgan fingerprint density at radius 3 is 2.38 bits per heavy atom. The summed E-state index contributed by atoms with van der Waals surface area (Å²) in [6, 6.07) is 11.2. The van der Waals surface area contributed by atoms with Crippen LogP contribution in [0.2, 0.25) is 0 Å². The lowest BCUT2D eigenvalue weighted by Crippen LogP contribution is -2.13. The molecule has 0 saturated carbocycles. The molecule has 21 heavy (non-hydrogen) atoms. The van der Waals surface area contributed by atoms with Gasteiger partial charge in [0.1, 0.15) is 0 Å². The summed E-state index contributed by atoms with van der Waals surface area (Å²) in [5.74, 6) is -0.0614. The molecule has 0 N–H and O–H groups in total. The Kier molecular flexibility index (Phi) is 5.12. The number of rotatable bonds is 4. The van der Waals surface area contributed by atoms with Gasteiger partial charge in [0.25, 0.3) is 0 Å². The van der Waals surface area contributed by atoms with Crippen molar-refractivity contribution < 1.29 is 9.00 Å². The SMILES string of the molecule is Cc1cc(C)c(C(=O)CS(=O)c2cccc(Br)c2)cc1C. The van der Waals surface area contributed by atoms with E-state index in [9.17, 15) is 9.00 Å². The van der Waals surface area contributed by atoms with Gasteiger partial charge in [0.2, 0.25) is 0 Å². The first-order valence-electron chi connectivity index (χ1n) is 6.63. The highest BCUT2D eigenvalue weighted by Gasteiger charge is 2.15. The lowest BCUT2D eigenvalue weighted by Gasteiger charge is -2.09. The van der Waals surface area contributed by atoms with Crippen molar-refractivity contribution in [3.05, 3.63) is 63.1 Å². The van der Waals surface area contributed by atoms with Gasteiger partial charge < -0.3 is 0 Å². The van der Waals surface area contributed by atoms with E-state index in [4.69, 9.17) is 0 Å². The molecule has 2 aromatic rings. The molecule has 110 valence electrons. The summed E-state index contributed by atoms with van der Waals surface area (Å²) in [6.07, 6.45) is 0. The topological polar surface area (TPSA) is 34.1 Å². The third-order valence-corrected chi connectivity index (χ3v) is 5.26. The number of carbonyl (C=O) groups is 1. The predicted molar refractivity (Wildman–Crippen MR) is 90.4 cm³/mol. The van der Waals surface area contributed by atoms with E-state index < -0.39 is 10.8 Å². The lowest BCUT2D eigenvalue weighted by molar-refractivity contribution is 0.102. The summed E-state index contributed by atoms with van der Waals surface area (Å²) in [6.45, 7) is 5.93. The Bertz CT molecular complexity index is 723. The number of ketones is 1. The second kappa shape index (κ2) is 6.67. The fourth-order valence-corrected chi connectivity index (χ4v) is 3.75. The number of carbonyl (C=O) groups excluding carboxylic acids is 1. The molecule has 0 heterocycles. The summed E-state index contributed by atoms with van der Waals surface area (Å²) in [5, 5.41) is 0. The van der Waals surface area contributed by atoms with Gasteiger partial charge in [-0.25, -0.2) is 0 Å². The van der Waals surface area contributed by atoms with Gasteiger partial charge in [0, 0.05) is 14.9 Å². The lowest BCUT2D eigenvalue weighted by atomic mass is 9.99. The fraction of sp³-hybridized carbons (Fsp3) is 0.235. The number of hydrogen-bond acceptors (Lipinski definition) is 2. The minimum Gasteiger partial charge on any atom is -0.293 e. The molecule has 0 aliphatic carbocycles. The average molecular weight is 365 g/mol. The number of benzene rings is 2. The maximum atomic E-state index is 12.4. The van der Waals surface area contributed by atoms with Gasteiger partial charge >= 0.3 is 0 Å². The quantitative estimate of drug-likeness (QED) is 0.755. The highest BCUT2D eigenvalue weighted by atomic mass is 79.9. The van der Waals surface area contributed by atoms with Crippen LogP contribution in [0.4, 0.5) is 0 Å². The minimum absolute atomic E-state index is 0.0137. The van der Waals surface area contributed by atoms with Gasteiger partial charge in [-0.2, -0.15) is 0 Å². The zero-order valence-electron chi connectivity index (χ0n) is 12.3. The zero-order chi connectivity index (χ0) is 15.6. The summed E-state index contributed by atoms with van der Waals surface area (Å²) < 4.78 is 13.2. The molecule has 2 rings (SSSR count). The van der Waals surface area contributed by atoms with Gasteiger partial charge in [-0.1, -0.05) is 28.1 Å². The molecule has 0 aliphatic heterocycles. The molecule has 0 bridgehead atoms. The molecule has 0 aromatic heterocycles. The van der Waals surface area contributed by atoms with E-state index in [0.717, 1.165) is 21.2 Å². The van der Waals surface area contributed by atoms with Crippen molar-refractivity contribution in [1.82, 2.24) is 0 Å². The third-order valence-electron chi connectivity index (χ3n) is 3.46. The minimum atomic E-state index is -1.32. The summed E-state index contributed by atoms with van der Waals surface area (Å²) in [5.41, 5.74) is 3.85. The second-order valence-electron chi connectivity index (χ2n) is 5.12. The van der Waals surface area contributed by atoms with Crippen molar-refractivity contribution in [2.45, 2.75) is 25.7 Å². The number of hydrogen-bond donors (Lipinski definition) is 0. The summed E-state index contributed by atoms with van der Waals surface area (Å²) in [4.78, 5) is 13.1. The Hall–Kier alpha value is -1.26. The number of Topliss-reactive ketones (excluding diaryl/α,β-unsaturated/α-hetero) is 1. The monoisotopic (exact) mass is 364 g/mol. The van der Waals surface area contributed by atoms with E-state index in [1.165, 1.54) is 0 Å². The van der Waals surface area contributed by atoms with E-state index in [1.807, 2.05) is 45.0 Å². The van der Waals surface area contributed by atoms with Crippen molar-refractivity contribution in [3.8, 4) is 0 Å². The first kappa shape index (κ1) is 16.1. The van der Waals surface area contributed by atoms with Crippen molar-refractivity contribution in [3.63, 3.8) is 0 Å². The summed E-state index contributed by atoms with van der Waals surface area (Å²) >= 11 is 3.35. The second-order valence-corrected chi connectivity index (χ2v) is 7.49. The fourth-order valence-electron chi connectivity index (χ4n) is 2.15. The van der Waals surface area contributed by atoms with Gasteiger partial charge in [-0.05, 0) is 61.7 Å². The molecule has 2 aromatic carbocycles. The molecule has 0 fully saturated rings. The van der Waals surface area contributed by atoms with E-state index >= 15 is 0 Å². The first-order valence-corrected chi connectivity index (χ1v) is 8.74. The molecule has 0 saturated heterocycles. The van der Waals surface area contributed by atoms with Crippen molar-refractivity contribution in [1.29, 1.82) is 0 Å². The van der Waals surface area contributed by atoms with Crippen LogP contribution in [0.25, 0.3) is 0 Å². The van der Waals surface area contributed by atoms with Crippen LogP contribution in [0.5, 0.6) is 0 Å². The van der Waals surface area contributed by atoms with Crippen LogP contribution in [-0.4, -0.2) is 15.7 Å². The van der Waals surface area contributed by atoms with Crippen LogP contribution in [-0.2, 0) is 10.8 Å². The molecular weight excluding hydrogens is 348 g/mol. The first-order chi connectivity index (χ1) is 9.88. The molecule has 2 nitrogen and oxygen atoms in total. The van der Waals surface area contributed by atoms with Crippen molar-refractivity contribution in [2.75, 3.05) is 5.75 Å². The predicted octanol–water partition coefficient (Wildman–Crippen LogP) is 4.36. The van der Waals surface area contributed by atoms with Crippen LogP contribution in [0.3, 0.4) is 0 Å². The molecule has 0 aliphatic rings. The standard InChI is InChI=1S/C17H17BrO2S/c1-11-7-13(3)16(8-12(11)2)17(19)10-21(20)15-6-4-5-14(18)9-15/h4-9H,10H2,1-3H3. The van der Waals surface area contributed by atoms with Crippen LogP contribution < -0.4 is 0 Å². The summed E-state index contributed by atoms with van der Waals surface area (Å²) in [7, 11) is -1.32. The van der Waals surface area contributed by atoms with Gasteiger partial charge in [0.15, 0.2) is 5.78 Å². The maximum Gasteiger partial charge on any atom is 0.175 e. The van der Waals surface area contributed by atoms with Gasteiger partial charge in [-0.3, -0.25) is 9.00 Å². The van der Waals surface area contributed by atoms with E-state index in [0.29, 0.717) is 10.5 Å². The van der Waals surface area contributed by atoms with Crippen molar-refractivity contribution in [2.24, 2.45) is 0 Å². The number of halogens is 1. The van der Waals surface area contributed by atoms with Crippen LogP contribution in [0.1, 0.15) is 27.0 Å². The van der Waals surface area contributed by atoms with Gasteiger partial charge in [-0.15, -0.1) is 0 Å². The highest BCUT2D eigenvalue weighted by Crippen LogP contribution is 2.19. The van der Waals surface area contributed by atoms with Crippen LogP contribution >= 0.6 is 15.9 Å². The Morgan fingerprint density at radius 1 is 1.05 bits per heavy atom. The third kappa shape index (κ3) is 3.89. The number of aryl methyl sites for hydroxylation is 3. The average Bonchev–Trinajstić information content (AvgIpc) is 2.42. The normalized spacial score (nSPS) is 12.2. The smallest absolute Gasteiger partial charge is 0.175 e. The molecule has 0 radical (unpaired) electrons. The molecule has 0 amide bonds. The Labute approximate surface area is 136 Å². The molecule has 1 unspecified atom stereocenters. The Morgan fingerprint density at radius 2 is 1.71 bits per heavy atom. The van der Waals surface area contributed by atoms with E-state index in [1.54, 1.807) is 12.1 Å². The Balaban J connectivity index is 2.22. The molecule has 4 heteroatoms. The zero-order valence-corrected chi connectivity index (χ0v) is 14.7. The molecule has 0 spiro atoms. The highest BCUT2D eigenvalue weighted by molar-refractivity contribution is 9.10. The maximum absolute atomic E-state index is 12.4. The van der Waals surface area contributed by atoms with Crippen LogP contribution in [0.15, 0.2) is 45.8 Å². The van der Waals surface area contributed by atoms with Crippen molar-refractivity contribution >= 4 is 32.5 Å². The largest absolute Gasteiger partial charge is 0.293 e. The van der Waals surface area contributed by atoms with Crippen LogP contribution in [0, 0.1) is 20.8 Å². The molecule has 1 atom stereocenters. The molecular formula is C17H17BrO2S.